The highest BCUT2D eigenvalue weighted by Crippen LogP contribution is 2.16. The minimum absolute atomic E-state index is 0.0180. The summed E-state index contributed by atoms with van der Waals surface area (Å²) in [6.45, 7) is 4.92. The number of carbonyl (C=O) groups excluding carboxylic acids is 1. The fraction of sp³-hybridized carbons (Fsp3) is 0.300. The second-order valence-corrected chi connectivity index (χ2v) is 2.90. The minimum Gasteiger partial charge on any atom is -0.295 e. The summed E-state index contributed by atoms with van der Waals surface area (Å²) in [6.07, 6.45) is 0. The predicted octanol–water partition coefficient (Wildman–Crippen LogP) is 2.65. The van der Waals surface area contributed by atoms with Gasteiger partial charge in [0.2, 0.25) is 0 Å². The number of rotatable bonds is 1. The van der Waals surface area contributed by atoms with Crippen molar-refractivity contribution < 1.29 is 9.18 Å². The molecule has 12 heavy (non-hydrogen) atoms. The van der Waals surface area contributed by atoms with E-state index in [4.69, 9.17) is 0 Å². The number of hydrogen-bond donors (Lipinski definition) is 0. The zero-order valence-electron chi connectivity index (χ0n) is 7.44. The Balaban J connectivity index is 3.36. The summed E-state index contributed by atoms with van der Waals surface area (Å²) >= 11 is 0. The summed E-state index contributed by atoms with van der Waals surface area (Å²) in [5.41, 5.74) is 1.90. The molecule has 64 valence electrons. The van der Waals surface area contributed by atoms with E-state index in [-0.39, 0.29) is 11.6 Å². The zero-order chi connectivity index (χ0) is 9.30. The van der Waals surface area contributed by atoms with Crippen molar-refractivity contribution in [3.8, 4) is 0 Å². The molecule has 0 fully saturated rings. The minimum atomic E-state index is -0.252. The lowest BCUT2D eigenvalue weighted by Gasteiger charge is -2.05. The normalized spacial score (nSPS) is 10.0. The Bertz CT molecular complexity index is 329. The number of halogens is 1. The highest BCUT2D eigenvalue weighted by molar-refractivity contribution is 5.95. The van der Waals surface area contributed by atoms with E-state index in [1.807, 2.05) is 0 Å². The van der Waals surface area contributed by atoms with Crippen molar-refractivity contribution in [1.29, 1.82) is 0 Å². The van der Waals surface area contributed by atoms with E-state index < -0.39 is 0 Å². The number of ketones is 1. The molecule has 0 atom stereocenters. The van der Waals surface area contributed by atoms with Gasteiger partial charge >= 0.3 is 0 Å². The molecule has 0 aliphatic carbocycles. The smallest absolute Gasteiger partial charge is 0.160 e. The molecule has 0 aromatic heterocycles. The summed E-state index contributed by atoms with van der Waals surface area (Å²) < 4.78 is 12.9. The molecule has 0 saturated carbocycles. The van der Waals surface area contributed by atoms with Crippen LogP contribution in [0, 0.1) is 19.7 Å². The van der Waals surface area contributed by atoms with Crippen LogP contribution in [-0.2, 0) is 0 Å². The van der Waals surface area contributed by atoms with Gasteiger partial charge in [-0.3, -0.25) is 4.79 Å². The van der Waals surface area contributed by atoms with Crippen molar-refractivity contribution in [2.75, 3.05) is 0 Å². The van der Waals surface area contributed by atoms with Crippen LogP contribution in [0.5, 0.6) is 0 Å². The fourth-order valence-corrected chi connectivity index (χ4v) is 1.17. The Kier molecular flexibility index (Phi) is 2.27. The summed E-state index contributed by atoms with van der Waals surface area (Å²) in [6, 6.07) is 2.86. The average Bonchev–Trinajstić information content (AvgIpc) is 2.00. The maximum atomic E-state index is 12.9. The third kappa shape index (κ3) is 1.37. The van der Waals surface area contributed by atoms with Gasteiger partial charge < -0.3 is 0 Å². The molecule has 1 nitrogen and oxygen atoms in total. The van der Waals surface area contributed by atoms with Crippen LogP contribution in [0.15, 0.2) is 12.1 Å². The maximum Gasteiger partial charge on any atom is 0.160 e. The van der Waals surface area contributed by atoms with E-state index in [0.717, 1.165) is 5.56 Å². The molecule has 0 N–H and O–H groups in total. The third-order valence-corrected chi connectivity index (χ3v) is 2.10. The second kappa shape index (κ2) is 3.05. The van der Waals surface area contributed by atoms with Gasteiger partial charge in [0, 0.05) is 5.56 Å². The quantitative estimate of drug-likeness (QED) is 0.586. The van der Waals surface area contributed by atoms with E-state index in [0.29, 0.717) is 11.1 Å². The van der Waals surface area contributed by atoms with Crippen LogP contribution in [0.4, 0.5) is 4.39 Å². The molecule has 0 aliphatic heterocycles. The van der Waals surface area contributed by atoms with E-state index in [2.05, 4.69) is 0 Å². The first-order valence-corrected chi connectivity index (χ1v) is 3.80. The number of hydrogen-bond acceptors (Lipinski definition) is 1. The van der Waals surface area contributed by atoms with Gasteiger partial charge in [0.05, 0.1) is 0 Å². The van der Waals surface area contributed by atoms with Gasteiger partial charge in [-0.15, -0.1) is 0 Å². The van der Waals surface area contributed by atoms with Crippen LogP contribution in [0.2, 0.25) is 0 Å². The Morgan fingerprint density at radius 3 is 2.33 bits per heavy atom. The fourth-order valence-electron chi connectivity index (χ4n) is 1.17. The second-order valence-electron chi connectivity index (χ2n) is 2.90. The molecule has 2 heteroatoms. The van der Waals surface area contributed by atoms with E-state index >= 15 is 0 Å². The molecular weight excluding hydrogens is 155 g/mol. The molecule has 0 heterocycles. The van der Waals surface area contributed by atoms with Gasteiger partial charge in [-0.2, -0.15) is 0 Å². The van der Waals surface area contributed by atoms with Crippen LogP contribution in [0.1, 0.15) is 28.4 Å². The van der Waals surface area contributed by atoms with Crippen LogP contribution in [-0.4, -0.2) is 5.78 Å². The van der Waals surface area contributed by atoms with Gasteiger partial charge in [-0.05, 0) is 44.0 Å². The van der Waals surface area contributed by atoms with Crippen molar-refractivity contribution in [3.05, 3.63) is 34.6 Å². The monoisotopic (exact) mass is 166 g/mol. The highest BCUT2D eigenvalue weighted by atomic mass is 19.1. The SMILES string of the molecule is CC(=O)c1ccc(F)c(C)c1C. The standard InChI is InChI=1S/C10H11FO/c1-6-7(2)10(11)5-4-9(6)8(3)12/h4-5H,1-3H3. The van der Waals surface area contributed by atoms with Crippen LogP contribution in [0.3, 0.4) is 0 Å². The Labute approximate surface area is 71.2 Å². The van der Waals surface area contributed by atoms with E-state index in [1.54, 1.807) is 13.8 Å². The van der Waals surface area contributed by atoms with Gasteiger partial charge in [0.25, 0.3) is 0 Å². The molecule has 0 aliphatic rings. The molecule has 1 aromatic rings. The first-order chi connectivity index (χ1) is 5.54. The van der Waals surface area contributed by atoms with Gasteiger partial charge in [-0.25, -0.2) is 4.39 Å². The van der Waals surface area contributed by atoms with Crippen molar-refractivity contribution in [3.63, 3.8) is 0 Å². The number of carbonyl (C=O) groups is 1. The van der Waals surface area contributed by atoms with Crippen molar-refractivity contribution in [2.45, 2.75) is 20.8 Å². The lowest BCUT2D eigenvalue weighted by molar-refractivity contribution is 0.101. The van der Waals surface area contributed by atoms with Gasteiger partial charge in [0.15, 0.2) is 5.78 Å². The molecule has 0 amide bonds. The van der Waals surface area contributed by atoms with Crippen molar-refractivity contribution in [1.82, 2.24) is 0 Å². The number of benzene rings is 1. The summed E-state index contributed by atoms with van der Waals surface area (Å²) in [5.74, 6) is -0.270. The molecule has 0 bridgehead atoms. The Morgan fingerprint density at radius 1 is 1.25 bits per heavy atom. The van der Waals surface area contributed by atoms with Gasteiger partial charge in [-0.1, -0.05) is 0 Å². The van der Waals surface area contributed by atoms with Crippen LogP contribution >= 0.6 is 0 Å². The predicted molar refractivity (Wildman–Crippen MR) is 45.9 cm³/mol. The zero-order valence-corrected chi connectivity index (χ0v) is 7.44. The average molecular weight is 166 g/mol. The van der Waals surface area contributed by atoms with Crippen LogP contribution < -0.4 is 0 Å². The van der Waals surface area contributed by atoms with Gasteiger partial charge in [0.1, 0.15) is 5.82 Å². The summed E-state index contributed by atoms with van der Waals surface area (Å²) in [5, 5.41) is 0. The maximum absolute atomic E-state index is 12.9. The first-order valence-electron chi connectivity index (χ1n) is 3.80. The lowest BCUT2D eigenvalue weighted by atomic mass is 10.0. The molecule has 1 rings (SSSR count). The van der Waals surface area contributed by atoms with E-state index in [1.165, 1.54) is 19.1 Å². The van der Waals surface area contributed by atoms with Crippen molar-refractivity contribution in [2.24, 2.45) is 0 Å². The highest BCUT2D eigenvalue weighted by Gasteiger charge is 2.08. The van der Waals surface area contributed by atoms with Crippen molar-refractivity contribution >= 4 is 5.78 Å². The largest absolute Gasteiger partial charge is 0.295 e. The molecule has 1 aromatic carbocycles. The Hall–Kier alpha value is -1.18. The molecule has 0 saturated heterocycles. The molecule has 0 radical (unpaired) electrons. The third-order valence-electron chi connectivity index (χ3n) is 2.10. The summed E-state index contributed by atoms with van der Waals surface area (Å²) in [7, 11) is 0. The first kappa shape index (κ1) is 8.91. The molecule has 0 unspecified atom stereocenters. The molecular formula is C10H11FO. The number of Topliss-reactive ketones (excluding diaryl/α,β-unsaturated/α-hetero) is 1. The lowest BCUT2D eigenvalue weighted by Crippen LogP contribution is -1.99. The van der Waals surface area contributed by atoms with Crippen LogP contribution in [0.25, 0.3) is 0 Å². The molecule has 0 spiro atoms. The Morgan fingerprint density at radius 2 is 1.83 bits per heavy atom. The van der Waals surface area contributed by atoms with E-state index in [9.17, 15) is 9.18 Å². The topological polar surface area (TPSA) is 17.1 Å². The summed E-state index contributed by atoms with van der Waals surface area (Å²) in [4.78, 5) is 11.0.